The van der Waals surface area contributed by atoms with Crippen LogP contribution in [0.15, 0.2) is 23.1 Å². The summed E-state index contributed by atoms with van der Waals surface area (Å²) in [5.41, 5.74) is 2.48. The van der Waals surface area contributed by atoms with E-state index in [-0.39, 0.29) is 0 Å². The van der Waals surface area contributed by atoms with E-state index in [1.165, 1.54) is 11.1 Å². The lowest BCUT2D eigenvalue weighted by Gasteiger charge is -2.06. The minimum Gasteiger partial charge on any atom is -0.171 e. The summed E-state index contributed by atoms with van der Waals surface area (Å²) in [7, 11) is 0. The van der Waals surface area contributed by atoms with Crippen LogP contribution < -0.4 is 0 Å². The second-order valence-corrected chi connectivity index (χ2v) is 4.07. The number of rotatable bonds is 1. The third-order valence-corrected chi connectivity index (χ3v) is 2.12. The van der Waals surface area contributed by atoms with E-state index in [2.05, 4.69) is 45.2 Å². The third-order valence-electron chi connectivity index (χ3n) is 1.57. The Hall–Kier alpha value is -0.0800. The standard InChI is InChI=1S/C9H12S2/c1-6-3-8(7(2)10)5-9(11)4-6/h3-5,7,10-11H,1-2H3. The number of hydrogen-bond donors (Lipinski definition) is 2. The second kappa shape index (κ2) is 3.55. The molecule has 0 bridgehead atoms. The first-order chi connectivity index (χ1) is 5.09. The van der Waals surface area contributed by atoms with Gasteiger partial charge in [-0.1, -0.05) is 6.07 Å². The van der Waals surface area contributed by atoms with E-state index < -0.39 is 0 Å². The first-order valence-electron chi connectivity index (χ1n) is 3.58. The van der Waals surface area contributed by atoms with Gasteiger partial charge in [0.2, 0.25) is 0 Å². The highest BCUT2D eigenvalue weighted by atomic mass is 32.1. The van der Waals surface area contributed by atoms with Crippen LogP contribution in [-0.4, -0.2) is 0 Å². The smallest absolute Gasteiger partial charge is 0.0239 e. The topological polar surface area (TPSA) is 0 Å². The summed E-state index contributed by atoms with van der Waals surface area (Å²) in [5.74, 6) is 0. The summed E-state index contributed by atoms with van der Waals surface area (Å²) in [6, 6.07) is 6.23. The number of hydrogen-bond acceptors (Lipinski definition) is 2. The lowest BCUT2D eigenvalue weighted by molar-refractivity contribution is 1.09. The molecule has 2 heteroatoms. The SMILES string of the molecule is Cc1cc(S)cc(C(C)S)c1. The highest BCUT2D eigenvalue weighted by Crippen LogP contribution is 2.22. The summed E-state index contributed by atoms with van der Waals surface area (Å²) in [6.45, 7) is 4.13. The molecule has 0 radical (unpaired) electrons. The van der Waals surface area contributed by atoms with Crippen LogP contribution >= 0.6 is 25.3 Å². The van der Waals surface area contributed by atoms with Gasteiger partial charge in [0.15, 0.2) is 0 Å². The molecular weight excluding hydrogens is 172 g/mol. The molecule has 1 aromatic carbocycles. The molecule has 0 saturated carbocycles. The van der Waals surface area contributed by atoms with Crippen molar-refractivity contribution in [2.45, 2.75) is 24.0 Å². The fourth-order valence-electron chi connectivity index (χ4n) is 1.03. The molecule has 1 rings (SSSR count). The van der Waals surface area contributed by atoms with Crippen LogP contribution in [0.3, 0.4) is 0 Å². The van der Waals surface area contributed by atoms with Crippen molar-refractivity contribution in [1.29, 1.82) is 0 Å². The van der Waals surface area contributed by atoms with Crippen molar-refractivity contribution in [1.82, 2.24) is 0 Å². The van der Waals surface area contributed by atoms with E-state index in [4.69, 9.17) is 0 Å². The molecule has 0 N–H and O–H groups in total. The summed E-state index contributed by atoms with van der Waals surface area (Å²) in [4.78, 5) is 1.01. The predicted molar refractivity (Wildman–Crippen MR) is 55.8 cm³/mol. The van der Waals surface area contributed by atoms with Gasteiger partial charge in [0.25, 0.3) is 0 Å². The summed E-state index contributed by atoms with van der Waals surface area (Å²) >= 11 is 8.63. The molecule has 0 heterocycles. The molecule has 1 atom stereocenters. The fourth-order valence-corrected chi connectivity index (χ4v) is 1.53. The minimum atomic E-state index is 0.292. The Kier molecular flexibility index (Phi) is 2.90. The van der Waals surface area contributed by atoms with Gasteiger partial charge < -0.3 is 0 Å². The number of benzene rings is 1. The van der Waals surface area contributed by atoms with Gasteiger partial charge in [-0.15, -0.1) is 12.6 Å². The van der Waals surface area contributed by atoms with Crippen LogP contribution in [0.1, 0.15) is 23.3 Å². The molecule has 1 unspecified atom stereocenters. The molecule has 0 spiro atoms. The van der Waals surface area contributed by atoms with E-state index in [9.17, 15) is 0 Å². The Labute approximate surface area is 78.8 Å². The van der Waals surface area contributed by atoms with Crippen molar-refractivity contribution < 1.29 is 0 Å². The first-order valence-corrected chi connectivity index (χ1v) is 4.54. The summed E-state index contributed by atoms with van der Waals surface area (Å²) in [6.07, 6.45) is 0. The van der Waals surface area contributed by atoms with Gasteiger partial charge >= 0.3 is 0 Å². The quantitative estimate of drug-likeness (QED) is 0.615. The Morgan fingerprint density at radius 2 is 1.91 bits per heavy atom. The van der Waals surface area contributed by atoms with E-state index in [0.717, 1.165) is 4.90 Å². The third kappa shape index (κ3) is 2.46. The fraction of sp³-hybridized carbons (Fsp3) is 0.333. The van der Waals surface area contributed by atoms with E-state index in [0.29, 0.717) is 5.25 Å². The van der Waals surface area contributed by atoms with Gasteiger partial charge in [0, 0.05) is 10.1 Å². The van der Waals surface area contributed by atoms with Gasteiger partial charge in [-0.2, -0.15) is 12.6 Å². The van der Waals surface area contributed by atoms with Crippen molar-refractivity contribution >= 4 is 25.3 Å². The van der Waals surface area contributed by atoms with Crippen molar-refractivity contribution in [3.63, 3.8) is 0 Å². The molecule has 0 aromatic heterocycles. The average molecular weight is 184 g/mol. The van der Waals surface area contributed by atoms with Gasteiger partial charge in [-0.25, -0.2) is 0 Å². The average Bonchev–Trinajstić information content (AvgIpc) is 1.85. The van der Waals surface area contributed by atoms with Gasteiger partial charge in [-0.3, -0.25) is 0 Å². The Morgan fingerprint density at radius 1 is 1.27 bits per heavy atom. The molecular formula is C9H12S2. The first kappa shape index (κ1) is 9.01. The van der Waals surface area contributed by atoms with Crippen LogP contribution in [0, 0.1) is 6.92 Å². The summed E-state index contributed by atoms with van der Waals surface area (Å²) < 4.78 is 0. The predicted octanol–water partition coefficient (Wildman–Crippen LogP) is 3.27. The molecule has 0 amide bonds. The van der Waals surface area contributed by atoms with Crippen LogP contribution in [0.2, 0.25) is 0 Å². The van der Waals surface area contributed by atoms with E-state index in [1.54, 1.807) is 0 Å². The van der Waals surface area contributed by atoms with Crippen LogP contribution in [0.5, 0.6) is 0 Å². The van der Waals surface area contributed by atoms with Crippen molar-refractivity contribution in [3.8, 4) is 0 Å². The van der Waals surface area contributed by atoms with Gasteiger partial charge in [0.05, 0.1) is 0 Å². The zero-order valence-electron chi connectivity index (χ0n) is 6.70. The lowest BCUT2D eigenvalue weighted by Crippen LogP contribution is -1.85. The van der Waals surface area contributed by atoms with Crippen LogP contribution in [-0.2, 0) is 0 Å². The monoisotopic (exact) mass is 184 g/mol. The van der Waals surface area contributed by atoms with E-state index in [1.807, 2.05) is 12.1 Å². The molecule has 1 aromatic rings. The van der Waals surface area contributed by atoms with Gasteiger partial charge in [-0.05, 0) is 37.1 Å². The molecule has 0 aliphatic heterocycles. The number of thiol groups is 2. The maximum atomic E-state index is 4.35. The van der Waals surface area contributed by atoms with Crippen molar-refractivity contribution in [2.75, 3.05) is 0 Å². The lowest BCUT2D eigenvalue weighted by atomic mass is 10.1. The minimum absolute atomic E-state index is 0.292. The molecule has 0 aliphatic carbocycles. The molecule has 0 saturated heterocycles. The molecule has 0 fully saturated rings. The summed E-state index contributed by atoms with van der Waals surface area (Å²) in [5, 5.41) is 0.292. The van der Waals surface area contributed by atoms with Crippen molar-refractivity contribution in [2.24, 2.45) is 0 Å². The maximum Gasteiger partial charge on any atom is 0.0239 e. The number of aryl methyl sites for hydroxylation is 1. The zero-order chi connectivity index (χ0) is 8.43. The molecule has 0 nitrogen and oxygen atoms in total. The van der Waals surface area contributed by atoms with Crippen molar-refractivity contribution in [3.05, 3.63) is 29.3 Å². The Bertz CT molecular complexity index is 233. The molecule has 0 aliphatic rings. The normalized spacial score (nSPS) is 13.1. The van der Waals surface area contributed by atoms with Crippen LogP contribution in [0.25, 0.3) is 0 Å². The second-order valence-electron chi connectivity index (χ2n) is 2.78. The highest BCUT2D eigenvalue weighted by Gasteiger charge is 2.00. The Balaban J connectivity index is 3.08. The Morgan fingerprint density at radius 3 is 2.36 bits per heavy atom. The maximum absolute atomic E-state index is 4.35. The molecule has 11 heavy (non-hydrogen) atoms. The van der Waals surface area contributed by atoms with E-state index >= 15 is 0 Å². The molecule has 60 valence electrons. The highest BCUT2D eigenvalue weighted by molar-refractivity contribution is 7.80. The largest absolute Gasteiger partial charge is 0.171 e. The van der Waals surface area contributed by atoms with Crippen LogP contribution in [0.4, 0.5) is 0 Å². The zero-order valence-corrected chi connectivity index (χ0v) is 8.49. The van der Waals surface area contributed by atoms with Gasteiger partial charge in [0.1, 0.15) is 0 Å².